The van der Waals surface area contributed by atoms with Crippen LogP contribution in [0.2, 0.25) is 0 Å². The molecule has 1 unspecified atom stereocenters. The van der Waals surface area contributed by atoms with Gasteiger partial charge in [0.05, 0.1) is 18.7 Å². The molecule has 5 heteroatoms. The van der Waals surface area contributed by atoms with Crippen LogP contribution in [-0.2, 0) is 11.3 Å². The lowest BCUT2D eigenvalue weighted by Crippen LogP contribution is -2.24. The van der Waals surface area contributed by atoms with Crippen molar-refractivity contribution in [2.45, 2.75) is 18.9 Å². The Labute approximate surface area is 174 Å². The molecule has 30 heavy (non-hydrogen) atoms. The predicted molar refractivity (Wildman–Crippen MR) is 114 cm³/mol. The number of amides is 1. The van der Waals surface area contributed by atoms with Gasteiger partial charge in [0.25, 0.3) is 0 Å². The molecule has 1 atom stereocenters. The first-order chi connectivity index (χ1) is 14.7. The SMILES string of the molecule is COc1ccc(C2CC(=O)N(Cc3ccc(C#N)cc3)C2)c2c1oc1ccccc12. The molecule has 1 aromatic heterocycles. The van der Waals surface area contributed by atoms with Crippen LogP contribution in [0.1, 0.15) is 29.0 Å². The molecule has 3 aromatic carbocycles. The summed E-state index contributed by atoms with van der Waals surface area (Å²) >= 11 is 0. The minimum Gasteiger partial charge on any atom is -0.493 e. The van der Waals surface area contributed by atoms with Gasteiger partial charge in [-0.3, -0.25) is 4.79 Å². The summed E-state index contributed by atoms with van der Waals surface area (Å²) in [6.45, 7) is 1.20. The van der Waals surface area contributed by atoms with E-state index in [2.05, 4.69) is 18.2 Å². The largest absolute Gasteiger partial charge is 0.493 e. The standard InChI is InChI=1S/C25H20N2O3/c1-29-22-11-10-19(24-20-4-2-3-5-21(20)30-25(22)24)18-12-23(28)27(15-18)14-17-8-6-16(13-26)7-9-17/h2-11,18H,12,14-15H2,1H3. The lowest BCUT2D eigenvalue weighted by atomic mass is 9.93. The van der Waals surface area contributed by atoms with E-state index in [1.54, 1.807) is 19.2 Å². The first-order valence-corrected chi connectivity index (χ1v) is 9.93. The lowest BCUT2D eigenvalue weighted by Gasteiger charge is -2.17. The van der Waals surface area contributed by atoms with Crippen LogP contribution in [0.5, 0.6) is 5.75 Å². The minimum absolute atomic E-state index is 0.0882. The van der Waals surface area contributed by atoms with Crippen LogP contribution >= 0.6 is 0 Å². The molecule has 0 bridgehead atoms. The summed E-state index contributed by atoms with van der Waals surface area (Å²) in [6, 6.07) is 21.5. The Morgan fingerprint density at radius 2 is 1.93 bits per heavy atom. The van der Waals surface area contributed by atoms with E-state index >= 15 is 0 Å². The van der Waals surface area contributed by atoms with Gasteiger partial charge in [-0.15, -0.1) is 0 Å². The van der Waals surface area contributed by atoms with Crippen LogP contribution < -0.4 is 4.74 Å². The summed E-state index contributed by atoms with van der Waals surface area (Å²) in [4.78, 5) is 14.7. The number of likely N-dealkylation sites (tertiary alicyclic amines) is 1. The van der Waals surface area contributed by atoms with Crippen molar-refractivity contribution in [2.75, 3.05) is 13.7 Å². The average molecular weight is 396 g/mol. The summed E-state index contributed by atoms with van der Waals surface area (Å²) in [5.41, 5.74) is 4.31. The van der Waals surface area contributed by atoms with Crippen LogP contribution in [0, 0.1) is 11.3 Å². The highest BCUT2D eigenvalue weighted by atomic mass is 16.5. The zero-order chi connectivity index (χ0) is 20.7. The third-order valence-electron chi connectivity index (χ3n) is 5.85. The summed E-state index contributed by atoms with van der Waals surface area (Å²) in [5.74, 6) is 0.926. The van der Waals surface area contributed by atoms with E-state index in [0.717, 1.165) is 33.1 Å². The predicted octanol–water partition coefficient (Wildman–Crippen LogP) is 4.98. The second-order valence-corrected chi connectivity index (χ2v) is 7.64. The molecular weight excluding hydrogens is 376 g/mol. The number of carbonyl (C=O) groups excluding carboxylic acids is 1. The maximum absolute atomic E-state index is 12.8. The monoisotopic (exact) mass is 396 g/mol. The van der Waals surface area contributed by atoms with Crippen molar-refractivity contribution in [3.63, 3.8) is 0 Å². The Morgan fingerprint density at radius 3 is 2.70 bits per heavy atom. The molecule has 1 fully saturated rings. The normalized spacial score (nSPS) is 16.3. The number of methoxy groups -OCH3 is 1. The van der Waals surface area contributed by atoms with Crippen LogP contribution in [0.25, 0.3) is 21.9 Å². The highest BCUT2D eigenvalue weighted by Gasteiger charge is 2.32. The smallest absolute Gasteiger partial charge is 0.223 e. The topological polar surface area (TPSA) is 66.5 Å². The van der Waals surface area contributed by atoms with Gasteiger partial charge in [0.2, 0.25) is 5.91 Å². The fourth-order valence-electron chi connectivity index (χ4n) is 4.37. The van der Waals surface area contributed by atoms with Crippen molar-refractivity contribution >= 4 is 27.8 Å². The number of hydrogen-bond donors (Lipinski definition) is 0. The van der Waals surface area contributed by atoms with E-state index in [4.69, 9.17) is 14.4 Å². The number of para-hydroxylation sites is 1. The highest BCUT2D eigenvalue weighted by Crippen LogP contribution is 2.42. The van der Waals surface area contributed by atoms with Gasteiger partial charge in [-0.1, -0.05) is 36.4 Å². The highest BCUT2D eigenvalue weighted by molar-refractivity contribution is 6.09. The van der Waals surface area contributed by atoms with E-state index in [1.807, 2.05) is 41.3 Å². The van der Waals surface area contributed by atoms with Crippen LogP contribution in [0.15, 0.2) is 65.1 Å². The van der Waals surface area contributed by atoms with E-state index in [1.165, 1.54) is 0 Å². The molecule has 1 aliphatic heterocycles. The number of rotatable bonds is 4. The van der Waals surface area contributed by atoms with E-state index < -0.39 is 0 Å². The molecule has 0 aliphatic carbocycles. The Morgan fingerprint density at radius 1 is 1.13 bits per heavy atom. The number of furan rings is 1. The van der Waals surface area contributed by atoms with Crippen molar-refractivity contribution in [3.05, 3.63) is 77.4 Å². The summed E-state index contributed by atoms with van der Waals surface area (Å²) in [6.07, 6.45) is 0.469. The molecule has 1 aliphatic rings. The fraction of sp³-hybridized carbons (Fsp3) is 0.200. The zero-order valence-corrected chi connectivity index (χ0v) is 16.6. The zero-order valence-electron chi connectivity index (χ0n) is 16.6. The Bertz CT molecular complexity index is 1300. The molecule has 0 N–H and O–H groups in total. The third kappa shape index (κ3) is 2.98. The first kappa shape index (κ1) is 18.3. The Hall–Kier alpha value is -3.78. The van der Waals surface area contributed by atoms with Gasteiger partial charge >= 0.3 is 0 Å². The van der Waals surface area contributed by atoms with Crippen molar-refractivity contribution in [1.82, 2.24) is 4.90 Å². The first-order valence-electron chi connectivity index (χ1n) is 9.93. The summed E-state index contributed by atoms with van der Waals surface area (Å²) in [5, 5.41) is 11.0. The van der Waals surface area contributed by atoms with E-state index in [0.29, 0.717) is 30.8 Å². The molecule has 148 valence electrons. The molecule has 1 amide bonds. The number of fused-ring (bicyclic) bond motifs is 3. The molecule has 0 radical (unpaired) electrons. The molecule has 0 saturated carbocycles. The third-order valence-corrected chi connectivity index (χ3v) is 5.85. The molecule has 4 aromatic rings. The lowest BCUT2D eigenvalue weighted by molar-refractivity contribution is -0.128. The van der Waals surface area contributed by atoms with Gasteiger partial charge in [0.15, 0.2) is 11.3 Å². The fourth-order valence-corrected chi connectivity index (χ4v) is 4.37. The van der Waals surface area contributed by atoms with Crippen molar-refractivity contribution in [3.8, 4) is 11.8 Å². The van der Waals surface area contributed by atoms with Crippen molar-refractivity contribution in [2.24, 2.45) is 0 Å². The van der Waals surface area contributed by atoms with Crippen LogP contribution in [0.3, 0.4) is 0 Å². The molecule has 5 rings (SSSR count). The number of hydrogen-bond acceptors (Lipinski definition) is 4. The average Bonchev–Trinajstić information content (AvgIpc) is 3.34. The maximum atomic E-state index is 12.8. The number of carbonyl (C=O) groups is 1. The van der Waals surface area contributed by atoms with Gasteiger partial charge in [0, 0.05) is 36.2 Å². The van der Waals surface area contributed by atoms with E-state index in [-0.39, 0.29) is 11.8 Å². The molecule has 0 spiro atoms. The molecule has 1 saturated heterocycles. The number of nitriles is 1. The van der Waals surface area contributed by atoms with Gasteiger partial charge in [0.1, 0.15) is 5.58 Å². The number of ether oxygens (including phenoxy) is 1. The Balaban J connectivity index is 1.50. The number of nitrogens with zero attached hydrogens (tertiary/aromatic N) is 2. The Kier molecular flexibility index (Phi) is 4.40. The van der Waals surface area contributed by atoms with E-state index in [9.17, 15) is 4.79 Å². The number of benzene rings is 3. The summed E-state index contributed by atoms with van der Waals surface area (Å²) < 4.78 is 11.6. The molecule has 2 heterocycles. The van der Waals surface area contributed by atoms with Gasteiger partial charge < -0.3 is 14.1 Å². The molecule has 5 nitrogen and oxygen atoms in total. The molecular formula is C25H20N2O3. The second-order valence-electron chi connectivity index (χ2n) is 7.64. The van der Waals surface area contributed by atoms with Crippen molar-refractivity contribution < 1.29 is 13.9 Å². The van der Waals surface area contributed by atoms with Gasteiger partial charge in [-0.05, 0) is 35.4 Å². The van der Waals surface area contributed by atoms with Gasteiger partial charge in [-0.2, -0.15) is 5.26 Å². The van der Waals surface area contributed by atoms with Crippen LogP contribution in [0.4, 0.5) is 0 Å². The van der Waals surface area contributed by atoms with Crippen LogP contribution in [-0.4, -0.2) is 24.5 Å². The quantitative estimate of drug-likeness (QED) is 0.488. The maximum Gasteiger partial charge on any atom is 0.223 e. The summed E-state index contributed by atoms with van der Waals surface area (Å²) in [7, 11) is 1.64. The minimum atomic E-state index is 0.0882. The van der Waals surface area contributed by atoms with Crippen molar-refractivity contribution in [1.29, 1.82) is 5.26 Å². The second kappa shape index (κ2) is 7.23. The van der Waals surface area contributed by atoms with Gasteiger partial charge in [-0.25, -0.2) is 0 Å².